The largest absolute Gasteiger partial charge is 0.487 e. The lowest BCUT2D eigenvalue weighted by Crippen LogP contribution is -2.41. The molecule has 8 rings (SSSR count). The summed E-state index contributed by atoms with van der Waals surface area (Å²) in [6.45, 7) is 0.407. The molecule has 1 heterocycles. The monoisotopic (exact) mass is 718 g/mol. The van der Waals surface area contributed by atoms with Gasteiger partial charge in [-0.15, -0.1) is 0 Å². The van der Waals surface area contributed by atoms with Crippen molar-refractivity contribution in [2.24, 2.45) is 16.9 Å². The van der Waals surface area contributed by atoms with Crippen molar-refractivity contribution in [1.29, 1.82) is 0 Å². The minimum atomic E-state index is -0.452. The Morgan fingerprint density at radius 3 is 1.68 bits per heavy atom. The molecule has 0 spiro atoms. The third kappa shape index (κ3) is 4.11. The molecule has 0 unspecified atom stereocenters. The molecule has 0 aromatic heterocycles. The molecule has 0 radical (unpaired) electrons. The van der Waals surface area contributed by atoms with Crippen molar-refractivity contribution >= 4 is 65.8 Å². The number of carbonyl (C=O) groups excluding carboxylic acids is 2. The number of hydrogen-bond donors (Lipinski definition) is 0. The summed E-state index contributed by atoms with van der Waals surface area (Å²) in [6, 6.07) is 28.1. The lowest BCUT2D eigenvalue weighted by molar-refractivity contribution is -0.139. The lowest BCUT2D eigenvalue weighted by Gasteiger charge is -2.45. The van der Waals surface area contributed by atoms with Crippen molar-refractivity contribution in [1.82, 2.24) is 5.01 Å². The molecule has 4 aromatic rings. The van der Waals surface area contributed by atoms with E-state index in [1.54, 1.807) is 6.21 Å². The SMILES string of the molecule is O=C1[C@H]2C3c4ccccc4C(c4ccccc43)[C@@H]2C(=O)N1/N=C\c1cc(Br)c(OCc2ccc(Br)cc2)c(Br)c1. The number of imide groups is 1. The summed E-state index contributed by atoms with van der Waals surface area (Å²) in [5, 5.41) is 5.53. The van der Waals surface area contributed by atoms with Crippen LogP contribution in [-0.2, 0) is 16.2 Å². The molecule has 0 N–H and O–H groups in total. The summed E-state index contributed by atoms with van der Waals surface area (Å²) in [6.07, 6.45) is 1.56. The predicted molar refractivity (Wildman–Crippen MR) is 163 cm³/mol. The molecule has 1 fully saturated rings. The van der Waals surface area contributed by atoms with Gasteiger partial charge >= 0.3 is 0 Å². The van der Waals surface area contributed by atoms with E-state index in [0.717, 1.165) is 51.8 Å². The van der Waals surface area contributed by atoms with E-state index in [0.29, 0.717) is 12.4 Å². The maximum atomic E-state index is 13.8. The third-order valence-electron chi connectivity index (χ3n) is 8.06. The first kappa shape index (κ1) is 25.9. The van der Waals surface area contributed by atoms with Gasteiger partial charge in [0, 0.05) is 16.3 Å². The highest BCUT2D eigenvalue weighted by molar-refractivity contribution is 9.11. The second-order valence-electron chi connectivity index (χ2n) is 10.2. The minimum Gasteiger partial charge on any atom is -0.487 e. The number of rotatable bonds is 5. The Morgan fingerprint density at radius 2 is 1.20 bits per heavy atom. The zero-order valence-electron chi connectivity index (χ0n) is 20.9. The van der Waals surface area contributed by atoms with Crippen LogP contribution in [-0.4, -0.2) is 23.0 Å². The molecule has 5 nitrogen and oxygen atoms in total. The fraction of sp³-hybridized carbons (Fsp3) is 0.156. The molecule has 2 bridgehead atoms. The van der Waals surface area contributed by atoms with Gasteiger partial charge in [-0.05, 0) is 89.5 Å². The average Bonchev–Trinajstić information content (AvgIpc) is 3.22. The van der Waals surface area contributed by atoms with Gasteiger partial charge in [0.05, 0.1) is 27.0 Å². The Bertz CT molecular complexity index is 1580. The van der Waals surface area contributed by atoms with Gasteiger partial charge in [0.2, 0.25) is 0 Å². The van der Waals surface area contributed by atoms with Crippen LogP contribution in [0.2, 0.25) is 0 Å². The van der Waals surface area contributed by atoms with Crippen LogP contribution < -0.4 is 4.74 Å². The Kier molecular flexibility index (Phi) is 6.52. The van der Waals surface area contributed by atoms with E-state index in [1.807, 2.05) is 60.7 Å². The Morgan fingerprint density at radius 1 is 0.725 bits per heavy atom. The van der Waals surface area contributed by atoms with Crippen LogP contribution in [0.3, 0.4) is 0 Å². The molecule has 4 aromatic carbocycles. The number of nitrogens with zero attached hydrogens (tertiary/aromatic N) is 2. The fourth-order valence-electron chi connectivity index (χ4n) is 6.43. The first-order valence-corrected chi connectivity index (χ1v) is 15.3. The van der Waals surface area contributed by atoms with E-state index in [-0.39, 0.29) is 23.7 Å². The molecule has 8 heteroatoms. The zero-order chi connectivity index (χ0) is 27.5. The second-order valence-corrected chi connectivity index (χ2v) is 12.9. The van der Waals surface area contributed by atoms with Crippen LogP contribution >= 0.6 is 47.8 Å². The molecule has 2 amide bonds. The Balaban J connectivity index is 1.16. The van der Waals surface area contributed by atoms with Crippen molar-refractivity contribution in [3.63, 3.8) is 0 Å². The van der Waals surface area contributed by atoms with Crippen molar-refractivity contribution < 1.29 is 14.3 Å². The van der Waals surface area contributed by atoms with Crippen molar-refractivity contribution in [3.05, 3.63) is 132 Å². The lowest BCUT2D eigenvalue weighted by atomic mass is 9.55. The van der Waals surface area contributed by atoms with Crippen LogP contribution in [0.1, 0.15) is 45.2 Å². The zero-order valence-corrected chi connectivity index (χ0v) is 25.7. The Labute approximate surface area is 256 Å². The highest BCUT2D eigenvalue weighted by Crippen LogP contribution is 2.61. The summed E-state index contributed by atoms with van der Waals surface area (Å²) < 4.78 is 8.52. The topological polar surface area (TPSA) is 59.0 Å². The number of ether oxygens (including phenoxy) is 1. The highest BCUT2D eigenvalue weighted by Gasteiger charge is 2.61. The Hall–Kier alpha value is -3.07. The minimum absolute atomic E-state index is 0.149. The summed E-state index contributed by atoms with van der Waals surface area (Å²) in [5.41, 5.74) is 6.34. The molecule has 0 saturated carbocycles. The van der Waals surface area contributed by atoms with Gasteiger partial charge in [0.15, 0.2) is 0 Å². The first-order valence-electron chi connectivity index (χ1n) is 12.9. The third-order valence-corrected chi connectivity index (χ3v) is 9.77. The van der Waals surface area contributed by atoms with Crippen LogP contribution in [0.25, 0.3) is 0 Å². The van der Waals surface area contributed by atoms with E-state index in [1.165, 1.54) is 0 Å². The van der Waals surface area contributed by atoms with Gasteiger partial charge in [0.1, 0.15) is 12.4 Å². The summed E-state index contributed by atoms with van der Waals surface area (Å²) in [4.78, 5) is 27.5. The standard InChI is InChI=1S/C32H21Br3N2O3/c33-19-11-9-17(10-12-19)16-40-30-24(34)13-18(14-25(30)35)15-36-37-31(38)28-26-20-5-1-2-6-21(20)27(29(28)32(37)39)23-8-4-3-7-22(23)26/h1-15,26-29H,16H2/b36-15-/t26?,27?,28-,29-/m0/s1. The molecular weight excluding hydrogens is 700 g/mol. The molecule has 3 aliphatic carbocycles. The number of carbonyl (C=O) groups is 2. The molecule has 1 aliphatic heterocycles. The fourth-order valence-corrected chi connectivity index (χ4v) is 8.14. The molecular formula is C32H21Br3N2O3. The molecule has 40 heavy (non-hydrogen) atoms. The summed E-state index contributed by atoms with van der Waals surface area (Å²) in [5.74, 6) is -1.02. The van der Waals surface area contributed by atoms with Gasteiger partial charge in [-0.3, -0.25) is 9.59 Å². The maximum absolute atomic E-state index is 13.8. The maximum Gasteiger partial charge on any atom is 0.254 e. The summed E-state index contributed by atoms with van der Waals surface area (Å²) in [7, 11) is 0. The van der Waals surface area contributed by atoms with E-state index >= 15 is 0 Å². The van der Waals surface area contributed by atoms with Crippen molar-refractivity contribution in [3.8, 4) is 5.75 Å². The summed E-state index contributed by atoms with van der Waals surface area (Å²) >= 11 is 10.6. The number of hydrogen-bond acceptors (Lipinski definition) is 4. The van der Waals surface area contributed by atoms with Crippen LogP contribution in [0.4, 0.5) is 0 Å². The van der Waals surface area contributed by atoms with Crippen molar-refractivity contribution in [2.45, 2.75) is 18.4 Å². The molecule has 4 aliphatic rings. The van der Waals surface area contributed by atoms with Gasteiger partial charge in [-0.1, -0.05) is 76.6 Å². The number of hydrazone groups is 1. The number of benzene rings is 4. The number of halogens is 3. The van der Waals surface area contributed by atoms with Crippen LogP contribution in [0, 0.1) is 11.8 Å². The van der Waals surface area contributed by atoms with Crippen LogP contribution in [0.5, 0.6) is 5.75 Å². The molecule has 198 valence electrons. The van der Waals surface area contributed by atoms with Gasteiger partial charge in [0.25, 0.3) is 11.8 Å². The van der Waals surface area contributed by atoms with Gasteiger partial charge in [-0.25, -0.2) is 0 Å². The van der Waals surface area contributed by atoms with Crippen LogP contribution in [0.15, 0.2) is 103 Å². The second kappa shape index (κ2) is 10.1. The smallest absolute Gasteiger partial charge is 0.254 e. The molecule has 1 saturated heterocycles. The average molecular weight is 721 g/mol. The van der Waals surface area contributed by atoms with Gasteiger partial charge in [-0.2, -0.15) is 10.1 Å². The van der Waals surface area contributed by atoms with E-state index < -0.39 is 11.8 Å². The normalized spacial score (nSPS) is 22.4. The molecule has 2 atom stereocenters. The first-order chi connectivity index (χ1) is 19.4. The quantitative estimate of drug-likeness (QED) is 0.156. The van der Waals surface area contributed by atoms with E-state index in [4.69, 9.17) is 4.74 Å². The number of amides is 2. The van der Waals surface area contributed by atoms with E-state index in [2.05, 4.69) is 77.2 Å². The van der Waals surface area contributed by atoms with Gasteiger partial charge < -0.3 is 4.74 Å². The highest BCUT2D eigenvalue weighted by atomic mass is 79.9. The van der Waals surface area contributed by atoms with E-state index in [9.17, 15) is 9.59 Å². The van der Waals surface area contributed by atoms with Crippen molar-refractivity contribution in [2.75, 3.05) is 0 Å². The predicted octanol–water partition coefficient (Wildman–Crippen LogP) is 7.78.